The highest BCUT2D eigenvalue weighted by Gasteiger charge is 2.27. The summed E-state index contributed by atoms with van der Waals surface area (Å²) in [5, 5.41) is 5.28. The standard InChI is InChI=1S/C22H18F2N2O2/c23-16-6-10-18(11-7-16)25-21(27)20(14-15-4-2-1-3-5-15)22(28)26-19-12-8-17(24)9-13-19/h1-13,20H,14H2,(H,25,27)(H,26,28). The van der Waals surface area contributed by atoms with Crippen LogP contribution in [-0.4, -0.2) is 11.8 Å². The number of carbonyl (C=O) groups excluding carboxylic acids is 2. The Hall–Kier alpha value is -3.54. The Morgan fingerprint density at radius 2 is 1.11 bits per heavy atom. The maximum absolute atomic E-state index is 13.1. The van der Waals surface area contributed by atoms with Gasteiger partial charge in [-0.1, -0.05) is 30.3 Å². The van der Waals surface area contributed by atoms with Crippen LogP contribution in [0.4, 0.5) is 20.2 Å². The molecule has 0 heterocycles. The number of nitrogens with one attached hydrogen (secondary N) is 2. The normalized spacial score (nSPS) is 10.5. The van der Waals surface area contributed by atoms with Crippen molar-refractivity contribution in [2.45, 2.75) is 6.42 Å². The fourth-order valence-corrected chi connectivity index (χ4v) is 2.68. The lowest BCUT2D eigenvalue weighted by Crippen LogP contribution is -2.35. The highest BCUT2D eigenvalue weighted by atomic mass is 19.1. The predicted molar refractivity (Wildman–Crippen MR) is 104 cm³/mol. The Kier molecular flexibility index (Phi) is 6.11. The minimum atomic E-state index is -1.03. The molecule has 0 aliphatic carbocycles. The van der Waals surface area contributed by atoms with E-state index in [9.17, 15) is 18.4 Å². The minimum absolute atomic E-state index is 0.181. The van der Waals surface area contributed by atoms with E-state index in [1.165, 1.54) is 48.5 Å². The Morgan fingerprint density at radius 3 is 1.54 bits per heavy atom. The van der Waals surface area contributed by atoms with Crippen LogP contribution in [0.15, 0.2) is 78.9 Å². The first-order chi connectivity index (χ1) is 13.5. The Balaban J connectivity index is 1.78. The average Bonchev–Trinajstić information content (AvgIpc) is 2.70. The van der Waals surface area contributed by atoms with Gasteiger partial charge in [0.2, 0.25) is 11.8 Å². The first-order valence-electron chi connectivity index (χ1n) is 8.68. The number of benzene rings is 3. The fourth-order valence-electron chi connectivity index (χ4n) is 2.68. The van der Waals surface area contributed by atoms with Crippen LogP contribution in [0.25, 0.3) is 0 Å². The molecule has 6 heteroatoms. The molecule has 0 saturated heterocycles. The van der Waals surface area contributed by atoms with Crippen LogP contribution in [0.1, 0.15) is 5.56 Å². The molecule has 3 rings (SSSR count). The lowest BCUT2D eigenvalue weighted by Gasteiger charge is -2.17. The largest absolute Gasteiger partial charge is 0.325 e. The van der Waals surface area contributed by atoms with Crippen LogP contribution in [0.3, 0.4) is 0 Å². The maximum atomic E-state index is 13.1. The van der Waals surface area contributed by atoms with Crippen molar-refractivity contribution >= 4 is 23.2 Å². The van der Waals surface area contributed by atoms with Crippen molar-refractivity contribution in [1.29, 1.82) is 0 Å². The summed E-state index contributed by atoms with van der Waals surface area (Å²) >= 11 is 0. The molecule has 3 aromatic carbocycles. The van der Waals surface area contributed by atoms with E-state index in [4.69, 9.17) is 0 Å². The monoisotopic (exact) mass is 380 g/mol. The van der Waals surface area contributed by atoms with Crippen molar-refractivity contribution in [2.75, 3.05) is 10.6 Å². The van der Waals surface area contributed by atoms with Crippen molar-refractivity contribution in [3.63, 3.8) is 0 Å². The summed E-state index contributed by atoms with van der Waals surface area (Å²) in [6.07, 6.45) is 0.181. The molecule has 0 unspecified atom stereocenters. The van der Waals surface area contributed by atoms with Crippen LogP contribution in [0.5, 0.6) is 0 Å². The van der Waals surface area contributed by atoms with Gasteiger partial charge in [0.25, 0.3) is 0 Å². The van der Waals surface area contributed by atoms with Gasteiger partial charge in [0, 0.05) is 11.4 Å². The molecule has 2 N–H and O–H groups in total. The zero-order valence-corrected chi connectivity index (χ0v) is 14.9. The summed E-state index contributed by atoms with van der Waals surface area (Å²) in [5.41, 5.74) is 1.59. The van der Waals surface area contributed by atoms with Crippen LogP contribution in [0, 0.1) is 17.6 Å². The highest BCUT2D eigenvalue weighted by Crippen LogP contribution is 2.17. The van der Waals surface area contributed by atoms with Gasteiger partial charge in [0.15, 0.2) is 0 Å². The van der Waals surface area contributed by atoms with Gasteiger partial charge in [-0.05, 0) is 60.5 Å². The van der Waals surface area contributed by atoms with Gasteiger partial charge in [0.1, 0.15) is 17.6 Å². The van der Waals surface area contributed by atoms with E-state index in [0.717, 1.165) is 5.56 Å². The van der Waals surface area contributed by atoms with Gasteiger partial charge in [-0.3, -0.25) is 9.59 Å². The Bertz CT molecular complexity index is 883. The predicted octanol–water partition coefficient (Wildman–Crippen LogP) is 4.40. The van der Waals surface area contributed by atoms with Gasteiger partial charge < -0.3 is 10.6 Å². The molecule has 0 fully saturated rings. The Morgan fingerprint density at radius 1 is 0.679 bits per heavy atom. The second kappa shape index (κ2) is 8.90. The van der Waals surface area contributed by atoms with Gasteiger partial charge >= 0.3 is 0 Å². The van der Waals surface area contributed by atoms with Crippen molar-refractivity contribution in [3.8, 4) is 0 Å². The van der Waals surface area contributed by atoms with E-state index < -0.39 is 29.4 Å². The zero-order valence-electron chi connectivity index (χ0n) is 14.9. The Labute approximate surface area is 161 Å². The molecule has 0 bridgehead atoms. The summed E-state index contributed by atoms with van der Waals surface area (Å²) in [6, 6.07) is 19.7. The molecule has 28 heavy (non-hydrogen) atoms. The summed E-state index contributed by atoms with van der Waals surface area (Å²) in [6.45, 7) is 0. The first-order valence-corrected chi connectivity index (χ1v) is 8.68. The molecule has 0 aliphatic rings. The van der Waals surface area contributed by atoms with Crippen molar-refractivity contribution in [2.24, 2.45) is 5.92 Å². The van der Waals surface area contributed by atoms with Gasteiger partial charge in [-0.15, -0.1) is 0 Å². The molecule has 3 aromatic rings. The molecule has 2 amide bonds. The molecule has 0 aliphatic heterocycles. The molecular formula is C22H18F2N2O2. The third-order valence-corrected chi connectivity index (χ3v) is 4.14. The van der Waals surface area contributed by atoms with E-state index in [2.05, 4.69) is 10.6 Å². The maximum Gasteiger partial charge on any atom is 0.237 e. The second-order valence-corrected chi connectivity index (χ2v) is 6.23. The number of hydrogen-bond donors (Lipinski definition) is 2. The van der Waals surface area contributed by atoms with Crippen LogP contribution >= 0.6 is 0 Å². The topological polar surface area (TPSA) is 58.2 Å². The number of anilines is 2. The van der Waals surface area contributed by atoms with E-state index in [0.29, 0.717) is 11.4 Å². The minimum Gasteiger partial charge on any atom is -0.325 e. The smallest absolute Gasteiger partial charge is 0.237 e. The average molecular weight is 380 g/mol. The second-order valence-electron chi connectivity index (χ2n) is 6.23. The third-order valence-electron chi connectivity index (χ3n) is 4.14. The SMILES string of the molecule is O=C(Nc1ccc(F)cc1)C(Cc1ccccc1)C(=O)Nc1ccc(F)cc1. The molecule has 0 aromatic heterocycles. The van der Waals surface area contributed by atoms with Gasteiger partial charge in [-0.2, -0.15) is 0 Å². The molecule has 0 atom stereocenters. The molecule has 142 valence electrons. The van der Waals surface area contributed by atoms with E-state index >= 15 is 0 Å². The van der Waals surface area contributed by atoms with Crippen molar-refractivity contribution in [3.05, 3.63) is 96.1 Å². The molecule has 4 nitrogen and oxygen atoms in total. The first kappa shape index (κ1) is 19.2. The number of amides is 2. The number of rotatable bonds is 6. The summed E-state index contributed by atoms with van der Waals surface area (Å²) in [7, 11) is 0. The number of hydrogen-bond acceptors (Lipinski definition) is 2. The van der Waals surface area contributed by atoms with Crippen molar-refractivity contribution in [1.82, 2.24) is 0 Å². The number of carbonyl (C=O) groups is 2. The van der Waals surface area contributed by atoms with E-state index in [1.807, 2.05) is 30.3 Å². The van der Waals surface area contributed by atoms with E-state index in [1.54, 1.807) is 0 Å². The highest BCUT2D eigenvalue weighted by molar-refractivity contribution is 6.11. The lowest BCUT2D eigenvalue weighted by molar-refractivity contribution is -0.129. The van der Waals surface area contributed by atoms with Crippen LogP contribution < -0.4 is 10.6 Å². The van der Waals surface area contributed by atoms with E-state index in [-0.39, 0.29) is 6.42 Å². The number of halogens is 2. The molecule has 0 radical (unpaired) electrons. The van der Waals surface area contributed by atoms with Crippen molar-refractivity contribution < 1.29 is 18.4 Å². The van der Waals surface area contributed by atoms with Crippen LogP contribution in [0.2, 0.25) is 0 Å². The third kappa shape index (κ3) is 5.23. The summed E-state index contributed by atoms with van der Waals surface area (Å²) < 4.78 is 26.1. The van der Waals surface area contributed by atoms with Gasteiger partial charge in [-0.25, -0.2) is 8.78 Å². The molecule has 0 spiro atoms. The quantitative estimate of drug-likeness (QED) is 0.623. The molecular weight excluding hydrogens is 362 g/mol. The van der Waals surface area contributed by atoms with Gasteiger partial charge in [0.05, 0.1) is 0 Å². The molecule has 0 saturated carbocycles. The fraction of sp³-hybridized carbons (Fsp3) is 0.0909. The summed E-state index contributed by atoms with van der Waals surface area (Å²) in [5.74, 6) is -2.91. The van der Waals surface area contributed by atoms with Crippen LogP contribution in [-0.2, 0) is 16.0 Å². The lowest BCUT2D eigenvalue weighted by atomic mass is 9.97. The zero-order chi connectivity index (χ0) is 19.9. The summed E-state index contributed by atoms with van der Waals surface area (Å²) in [4.78, 5) is 25.5.